The van der Waals surface area contributed by atoms with Crippen molar-refractivity contribution in [2.75, 3.05) is 13.7 Å². The summed E-state index contributed by atoms with van der Waals surface area (Å²) in [7, 11) is 1.57. The summed E-state index contributed by atoms with van der Waals surface area (Å²) in [5, 5.41) is 2.71. The van der Waals surface area contributed by atoms with Crippen LogP contribution in [0.3, 0.4) is 0 Å². The van der Waals surface area contributed by atoms with Gasteiger partial charge in [-0.05, 0) is 37.6 Å². The molecule has 0 saturated heterocycles. The zero-order valence-corrected chi connectivity index (χ0v) is 13.0. The van der Waals surface area contributed by atoms with Gasteiger partial charge in [-0.25, -0.2) is 0 Å². The van der Waals surface area contributed by atoms with E-state index in [9.17, 15) is 9.59 Å². The van der Waals surface area contributed by atoms with Crippen molar-refractivity contribution in [3.05, 3.63) is 57.4 Å². The number of carbonyl (C=O) groups is 1. The van der Waals surface area contributed by atoms with Crippen molar-refractivity contribution in [3.8, 4) is 0 Å². The van der Waals surface area contributed by atoms with E-state index in [4.69, 9.17) is 9.15 Å². The van der Waals surface area contributed by atoms with E-state index in [1.165, 1.54) is 6.26 Å². The minimum atomic E-state index is -0.398. The SMILES string of the molecule is COCCn1c(C)cc(C)c(C(=O)NCc2ccco2)c1=O. The Kier molecular flexibility index (Phi) is 5.16. The van der Waals surface area contributed by atoms with Crippen molar-refractivity contribution in [1.29, 1.82) is 0 Å². The standard InChI is InChI=1S/C16H20N2O4/c1-11-9-12(2)18(6-8-21-3)16(20)14(11)15(19)17-10-13-5-4-7-22-13/h4-5,7,9H,6,8,10H2,1-3H3,(H,17,19). The molecule has 0 atom stereocenters. The van der Waals surface area contributed by atoms with E-state index in [0.717, 1.165) is 5.69 Å². The molecule has 0 spiro atoms. The van der Waals surface area contributed by atoms with Gasteiger partial charge in [-0.15, -0.1) is 0 Å². The van der Waals surface area contributed by atoms with Crippen LogP contribution in [0, 0.1) is 13.8 Å². The minimum Gasteiger partial charge on any atom is -0.467 e. The number of hydrogen-bond acceptors (Lipinski definition) is 4. The molecule has 6 nitrogen and oxygen atoms in total. The number of nitrogens with zero attached hydrogens (tertiary/aromatic N) is 1. The first-order valence-corrected chi connectivity index (χ1v) is 7.05. The lowest BCUT2D eigenvalue weighted by molar-refractivity contribution is 0.0944. The number of ether oxygens (including phenoxy) is 1. The van der Waals surface area contributed by atoms with E-state index in [2.05, 4.69) is 5.32 Å². The highest BCUT2D eigenvalue weighted by Gasteiger charge is 2.17. The van der Waals surface area contributed by atoms with E-state index in [1.807, 2.05) is 13.0 Å². The maximum atomic E-state index is 12.5. The predicted octanol–water partition coefficient (Wildman–Crippen LogP) is 1.63. The molecule has 0 aromatic carbocycles. The molecule has 118 valence electrons. The van der Waals surface area contributed by atoms with Gasteiger partial charge in [0.05, 0.1) is 19.4 Å². The molecule has 2 rings (SSSR count). The summed E-state index contributed by atoms with van der Waals surface area (Å²) in [5.74, 6) is 0.239. The molecular weight excluding hydrogens is 284 g/mol. The predicted molar refractivity (Wildman–Crippen MR) is 81.9 cm³/mol. The van der Waals surface area contributed by atoms with Crippen molar-refractivity contribution >= 4 is 5.91 Å². The quantitative estimate of drug-likeness (QED) is 0.880. The number of aryl methyl sites for hydroxylation is 2. The number of aromatic nitrogens is 1. The van der Waals surface area contributed by atoms with E-state index >= 15 is 0 Å². The Balaban J connectivity index is 2.25. The van der Waals surface area contributed by atoms with Crippen LogP contribution in [0.5, 0.6) is 0 Å². The zero-order valence-electron chi connectivity index (χ0n) is 13.0. The van der Waals surface area contributed by atoms with Crippen LogP contribution in [0.1, 0.15) is 27.4 Å². The summed E-state index contributed by atoms with van der Waals surface area (Å²) >= 11 is 0. The lowest BCUT2D eigenvalue weighted by Crippen LogP contribution is -2.35. The first-order chi connectivity index (χ1) is 10.5. The number of carbonyl (C=O) groups excluding carboxylic acids is 1. The number of furan rings is 1. The van der Waals surface area contributed by atoms with Crippen molar-refractivity contribution in [3.63, 3.8) is 0 Å². The average molecular weight is 304 g/mol. The van der Waals surface area contributed by atoms with Gasteiger partial charge in [0.1, 0.15) is 11.3 Å². The number of methoxy groups -OCH3 is 1. The second-order valence-corrected chi connectivity index (χ2v) is 5.06. The van der Waals surface area contributed by atoms with Crippen LogP contribution in [-0.2, 0) is 17.8 Å². The maximum absolute atomic E-state index is 12.5. The number of rotatable bonds is 6. The average Bonchev–Trinajstić information content (AvgIpc) is 2.98. The van der Waals surface area contributed by atoms with Gasteiger partial charge in [0, 0.05) is 19.3 Å². The molecule has 2 aromatic rings. The van der Waals surface area contributed by atoms with Crippen LogP contribution < -0.4 is 10.9 Å². The fraction of sp³-hybridized carbons (Fsp3) is 0.375. The van der Waals surface area contributed by atoms with Crippen molar-refractivity contribution in [2.45, 2.75) is 26.9 Å². The molecule has 6 heteroatoms. The van der Waals surface area contributed by atoms with Crippen LogP contribution >= 0.6 is 0 Å². The van der Waals surface area contributed by atoms with E-state index in [1.54, 1.807) is 30.7 Å². The van der Waals surface area contributed by atoms with E-state index < -0.39 is 5.91 Å². The monoisotopic (exact) mass is 304 g/mol. The van der Waals surface area contributed by atoms with Gasteiger partial charge < -0.3 is 19.0 Å². The fourth-order valence-electron chi connectivity index (χ4n) is 2.33. The Bertz CT molecular complexity index is 702. The van der Waals surface area contributed by atoms with Crippen LogP contribution in [-0.4, -0.2) is 24.2 Å². The van der Waals surface area contributed by atoms with Crippen LogP contribution in [0.25, 0.3) is 0 Å². The lowest BCUT2D eigenvalue weighted by atomic mass is 10.1. The highest BCUT2D eigenvalue weighted by Crippen LogP contribution is 2.07. The molecule has 0 unspecified atom stereocenters. The third kappa shape index (κ3) is 3.46. The molecule has 2 heterocycles. The molecule has 0 fully saturated rings. The van der Waals surface area contributed by atoms with Crippen molar-refractivity contribution in [1.82, 2.24) is 9.88 Å². The molecule has 0 radical (unpaired) electrons. The maximum Gasteiger partial charge on any atom is 0.263 e. The van der Waals surface area contributed by atoms with Crippen molar-refractivity contribution < 1.29 is 13.9 Å². The highest BCUT2D eigenvalue weighted by molar-refractivity contribution is 5.95. The van der Waals surface area contributed by atoms with Gasteiger partial charge in [0.25, 0.3) is 11.5 Å². The van der Waals surface area contributed by atoms with Gasteiger partial charge in [-0.1, -0.05) is 0 Å². The second kappa shape index (κ2) is 7.09. The second-order valence-electron chi connectivity index (χ2n) is 5.06. The third-order valence-corrected chi connectivity index (χ3v) is 3.45. The van der Waals surface area contributed by atoms with E-state index in [0.29, 0.717) is 24.5 Å². The summed E-state index contributed by atoms with van der Waals surface area (Å²) in [4.78, 5) is 24.9. The molecule has 0 bridgehead atoms. The van der Waals surface area contributed by atoms with Crippen molar-refractivity contribution in [2.24, 2.45) is 0 Å². The number of hydrogen-bond donors (Lipinski definition) is 1. The Morgan fingerprint density at radius 1 is 1.41 bits per heavy atom. The van der Waals surface area contributed by atoms with Gasteiger partial charge >= 0.3 is 0 Å². The van der Waals surface area contributed by atoms with Gasteiger partial charge in [-0.3, -0.25) is 9.59 Å². The first-order valence-electron chi connectivity index (χ1n) is 7.05. The van der Waals surface area contributed by atoms with Crippen LogP contribution in [0.4, 0.5) is 0 Å². The normalized spacial score (nSPS) is 10.7. The van der Waals surface area contributed by atoms with Gasteiger partial charge in [0.2, 0.25) is 0 Å². The summed E-state index contributed by atoms with van der Waals surface area (Å²) in [6.07, 6.45) is 1.54. The Hall–Kier alpha value is -2.34. The summed E-state index contributed by atoms with van der Waals surface area (Å²) in [6, 6.07) is 5.34. The molecular formula is C16H20N2O4. The highest BCUT2D eigenvalue weighted by atomic mass is 16.5. The Morgan fingerprint density at radius 3 is 2.82 bits per heavy atom. The van der Waals surface area contributed by atoms with Gasteiger partial charge in [-0.2, -0.15) is 0 Å². The largest absolute Gasteiger partial charge is 0.467 e. The van der Waals surface area contributed by atoms with Crippen LogP contribution in [0.15, 0.2) is 33.7 Å². The minimum absolute atomic E-state index is 0.160. The summed E-state index contributed by atoms with van der Waals surface area (Å²) < 4.78 is 11.7. The van der Waals surface area contributed by atoms with Gasteiger partial charge in [0.15, 0.2) is 0 Å². The number of amides is 1. The first kappa shape index (κ1) is 16.0. The molecule has 0 saturated carbocycles. The van der Waals surface area contributed by atoms with E-state index in [-0.39, 0.29) is 17.7 Å². The molecule has 0 aliphatic heterocycles. The summed E-state index contributed by atoms with van der Waals surface area (Å²) in [5.41, 5.74) is 1.33. The molecule has 22 heavy (non-hydrogen) atoms. The third-order valence-electron chi connectivity index (χ3n) is 3.45. The Labute approximate surface area is 128 Å². The smallest absolute Gasteiger partial charge is 0.263 e. The number of pyridine rings is 1. The molecule has 1 N–H and O–H groups in total. The summed E-state index contributed by atoms with van der Waals surface area (Å²) in [6.45, 7) is 4.68. The molecule has 2 aromatic heterocycles. The topological polar surface area (TPSA) is 73.5 Å². The Morgan fingerprint density at radius 2 is 2.18 bits per heavy atom. The fourth-order valence-corrected chi connectivity index (χ4v) is 2.33. The molecule has 0 aliphatic rings. The molecule has 1 amide bonds. The molecule has 0 aliphatic carbocycles. The lowest BCUT2D eigenvalue weighted by Gasteiger charge is -2.14. The zero-order chi connectivity index (χ0) is 16.1. The number of nitrogens with one attached hydrogen (secondary N) is 1. The van der Waals surface area contributed by atoms with Crippen LogP contribution in [0.2, 0.25) is 0 Å².